The lowest BCUT2D eigenvalue weighted by molar-refractivity contribution is 0.254. The van der Waals surface area contributed by atoms with E-state index in [0.717, 1.165) is 6.07 Å². The summed E-state index contributed by atoms with van der Waals surface area (Å²) in [5.74, 6) is -0.574. The summed E-state index contributed by atoms with van der Waals surface area (Å²) >= 11 is 6.11. The lowest BCUT2D eigenvalue weighted by atomic mass is 10.0. The van der Waals surface area contributed by atoms with E-state index in [4.69, 9.17) is 11.6 Å². The Labute approximate surface area is 175 Å². The number of benzene rings is 1. The Balaban J connectivity index is 1.54. The number of pyridine rings is 1. The van der Waals surface area contributed by atoms with Gasteiger partial charge in [0.2, 0.25) is 0 Å². The fourth-order valence-electron chi connectivity index (χ4n) is 4.12. The summed E-state index contributed by atoms with van der Waals surface area (Å²) in [5, 5.41) is 2.95. The van der Waals surface area contributed by atoms with Gasteiger partial charge < -0.3 is 4.90 Å². The van der Waals surface area contributed by atoms with E-state index in [0.29, 0.717) is 35.9 Å². The van der Waals surface area contributed by atoms with E-state index in [1.807, 2.05) is 4.90 Å². The summed E-state index contributed by atoms with van der Waals surface area (Å²) in [5.41, 5.74) is 1.02. The molecule has 1 saturated heterocycles. The minimum Gasteiger partial charge on any atom is -0.359 e. The molecule has 1 fully saturated rings. The van der Waals surface area contributed by atoms with Gasteiger partial charge in [0.1, 0.15) is 16.8 Å². The third kappa shape index (κ3) is 3.11. The van der Waals surface area contributed by atoms with Crippen molar-refractivity contribution in [3.05, 3.63) is 71.3 Å². The first-order valence-electron chi connectivity index (χ1n) is 9.25. The van der Waals surface area contributed by atoms with Crippen LogP contribution < -0.4 is 15.1 Å². The summed E-state index contributed by atoms with van der Waals surface area (Å²) in [4.78, 5) is 29.0. The second-order valence-corrected chi connectivity index (χ2v) is 7.48. The quantitative estimate of drug-likeness (QED) is 0.620. The normalized spacial score (nSPS) is 19.6. The maximum atomic E-state index is 14.5. The number of urea groups is 1. The molecule has 1 unspecified atom stereocenters. The third-order valence-electron chi connectivity index (χ3n) is 5.34. The van der Waals surface area contributed by atoms with Gasteiger partial charge in [-0.3, -0.25) is 15.2 Å². The third-order valence-corrected chi connectivity index (χ3v) is 5.55. The Morgan fingerprint density at radius 2 is 2.07 bits per heavy atom. The lowest BCUT2D eigenvalue weighted by Gasteiger charge is -2.36. The van der Waals surface area contributed by atoms with Gasteiger partial charge in [-0.2, -0.15) is 0 Å². The molecule has 152 valence electrons. The number of amides is 2. The highest BCUT2D eigenvalue weighted by Crippen LogP contribution is 2.48. The first kappa shape index (κ1) is 18.7. The highest BCUT2D eigenvalue weighted by molar-refractivity contribution is 6.29. The van der Waals surface area contributed by atoms with E-state index in [2.05, 4.69) is 20.3 Å². The highest BCUT2D eigenvalue weighted by atomic mass is 35.5. The Morgan fingerprint density at radius 3 is 2.83 bits per heavy atom. The summed E-state index contributed by atoms with van der Waals surface area (Å²) < 4.78 is 27.9. The number of halogens is 3. The molecule has 1 aromatic carbocycles. The number of fused-ring (bicyclic) bond motifs is 4. The fraction of sp³-hybridized carbons (Fsp3) is 0.200. The van der Waals surface area contributed by atoms with Crippen molar-refractivity contribution in [1.82, 2.24) is 15.0 Å². The molecule has 5 rings (SSSR count). The zero-order chi connectivity index (χ0) is 20.8. The van der Waals surface area contributed by atoms with Gasteiger partial charge in [0, 0.05) is 30.6 Å². The average Bonchev–Trinajstić information content (AvgIpc) is 3.08. The SMILES string of the molecule is O=C(Nc1cnccn1)N1c2nc(Cl)ccc2N2C[C@@H]1CC2c1ccc(F)cc1F. The van der Waals surface area contributed by atoms with Crippen LogP contribution in [0.1, 0.15) is 18.0 Å². The van der Waals surface area contributed by atoms with Gasteiger partial charge in [-0.1, -0.05) is 17.7 Å². The first-order valence-corrected chi connectivity index (χ1v) is 9.63. The van der Waals surface area contributed by atoms with Crippen molar-refractivity contribution in [3.8, 4) is 0 Å². The molecule has 10 heteroatoms. The number of carbonyl (C=O) groups is 1. The molecule has 0 spiro atoms. The molecule has 30 heavy (non-hydrogen) atoms. The maximum Gasteiger partial charge on any atom is 0.329 e. The Bertz CT molecular complexity index is 1130. The van der Waals surface area contributed by atoms with Crippen LogP contribution in [-0.2, 0) is 0 Å². The van der Waals surface area contributed by atoms with Gasteiger partial charge in [0.05, 0.1) is 24.0 Å². The van der Waals surface area contributed by atoms with E-state index in [1.54, 1.807) is 12.1 Å². The lowest BCUT2D eigenvalue weighted by Crippen LogP contribution is -2.48. The topological polar surface area (TPSA) is 74.2 Å². The van der Waals surface area contributed by atoms with Gasteiger partial charge in [0.25, 0.3) is 0 Å². The number of nitrogens with zero attached hydrogens (tertiary/aromatic N) is 5. The molecule has 0 aliphatic carbocycles. The number of aromatic nitrogens is 3. The van der Waals surface area contributed by atoms with Crippen LogP contribution in [0.25, 0.3) is 0 Å². The monoisotopic (exact) mass is 428 g/mol. The smallest absolute Gasteiger partial charge is 0.329 e. The molecule has 2 aromatic heterocycles. The van der Waals surface area contributed by atoms with Crippen molar-refractivity contribution >= 4 is 35.0 Å². The number of nitrogens with one attached hydrogen (secondary N) is 1. The van der Waals surface area contributed by atoms with Gasteiger partial charge in [-0.25, -0.2) is 23.5 Å². The Kier molecular flexibility index (Phi) is 4.47. The van der Waals surface area contributed by atoms with Crippen molar-refractivity contribution < 1.29 is 13.6 Å². The standard InChI is InChI=1S/C20H15ClF2N6O/c21-17-4-3-15-19(26-17)29(20(30)27-18-9-24-5-6-25-18)12-8-16(28(15)10-12)13-2-1-11(22)7-14(13)23/h1-7,9,12,16H,8,10H2,(H,25,27,30)/t12-,16?/m0/s1. The molecular weight excluding hydrogens is 414 g/mol. The molecule has 2 atom stereocenters. The second-order valence-electron chi connectivity index (χ2n) is 7.09. The number of carbonyl (C=O) groups excluding carboxylic acids is 1. The van der Waals surface area contributed by atoms with E-state index in [-0.39, 0.29) is 17.2 Å². The van der Waals surface area contributed by atoms with E-state index in [1.165, 1.54) is 35.6 Å². The maximum absolute atomic E-state index is 14.5. The van der Waals surface area contributed by atoms with Gasteiger partial charge in [-0.05, 0) is 24.6 Å². The van der Waals surface area contributed by atoms with Crippen molar-refractivity contribution in [1.29, 1.82) is 0 Å². The molecule has 3 aromatic rings. The van der Waals surface area contributed by atoms with Crippen LogP contribution in [0, 0.1) is 11.6 Å². The molecule has 0 radical (unpaired) electrons. The molecule has 0 saturated carbocycles. The average molecular weight is 429 g/mol. The van der Waals surface area contributed by atoms with Crippen LogP contribution in [0.5, 0.6) is 0 Å². The zero-order valence-corrected chi connectivity index (χ0v) is 16.2. The van der Waals surface area contributed by atoms with Crippen molar-refractivity contribution in [2.45, 2.75) is 18.5 Å². The van der Waals surface area contributed by atoms with Crippen molar-refractivity contribution in [2.75, 3.05) is 21.7 Å². The van der Waals surface area contributed by atoms with E-state index < -0.39 is 17.7 Å². The van der Waals surface area contributed by atoms with Gasteiger partial charge >= 0.3 is 6.03 Å². The summed E-state index contributed by atoms with van der Waals surface area (Å²) in [7, 11) is 0. The molecular formula is C20H15ClF2N6O. The predicted molar refractivity (Wildman–Crippen MR) is 108 cm³/mol. The van der Waals surface area contributed by atoms with Crippen molar-refractivity contribution in [3.63, 3.8) is 0 Å². The molecule has 7 nitrogen and oxygen atoms in total. The minimum atomic E-state index is -0.633. The summed E-state index contributed by atoms with van der Waals surface area (Å²) in [6.07, 6.45) is 4.86. The zero-order valence-electron chi connectivity index (χ0n) is 15.5. The Hall–Kier alpha value is -3.33. The molecule has 2 bridgehead atoms. The largest absolute Gasteiger partial charge is 0.359 e. The van der Waals surface area contributed by atoms with Crippen molar-refractivity contribution in [2.24, 2.45) is 0 Å². The molecule has 1 N–H and O–H groups in total. The predicted octanol–water partition coefficient (Wildman–Crippen LogP) is 4.18. The second kappa shape index (κ2) is 7.17. The van der Waals surface area contributed by atoms with Crippen LogP contribution in [0.4, 0.5) is 30.9 Å². The molecule has 4 heterocycles. The Morgan fingerprint density at radius 1 is 1.20 bits per heavy atom. The highest BCUT2D eigenvalue weighted by Gasteiger charge is 2.46. The number of hydrogen-bond acceptors (Lipinski definition) is 5. The van der Waals surface area contributed by atoms with Crippen LogP contribution >= 0.6 is 11.6 Å². The summed E-state index contributed by atoms with van der Waals surface area (Å²) in [6.45, 7) is 0.478. The summed E-state index contributed by atoms with van der Waals surface area (Å²) in [6, 6.07) is 5.85. The van der Waals surface area contributed by atoms with E-state index in [9.17, 15) is 13.6 Å². The van der Waals surface area contributed by atoms with Gasteiger partial charge in [-0.15, -0.1) is 0 Å². The molecule has 2 aliphatic heterocycles. The fourth-order valence-corrected chi connectivity index (χ4v) is 4.26. The van der Waals surface area contributed by atoms with Gasteiger partial charge in [0.15, 0.2) is 11.6 Å². The minimum absolute atomic E-state index is 0.234. The van der Waals surface area contributed by atoms with Crippen LogP contribution in [-0.4, -0.2) is 33.6 Å². The van der Waals surface area contributed by atoms with Crippen LogP contribution in [0.3, 0.4) is 0 Å². The first-order chi connectivity index (χ1) is 14.5. The number of anilines is 3. The van der Waals surface area contributed by atoms with Crippen LogP contribution in [0.2, 0.25) is 5.15 Å². The molecule has 2 amide bonds. The number of hydrogen-bond donors (Lipinski definition) is 1. The number of rotatable bonds is 2. The molecule has 2 aliphatic rings. The van der Waals surface area contributed by atoms with E-state index >= 15 is 0 Å². The van der Waals surface area contributed by atoms with Crippen LogP contribution in [0.15, 0.2) is 48.9 Å².